The lowest BCUT2D eigenvalue weighted by molar-refractivity contribution is 0.0998. The van der Waals surface area contributed by atoms with Crippen LogP contribution in [0.1, 0.15) is 64.0 Å². The maximum atomic E-state index is 6.37. The van der Waals surface area contributed by atoms with Crippen LogP contribution in [0.4, 0.5) is 5.69 Å². The SMILES string of the molecule is Cc1cc(OC2CC(C)CC(C)C2)c(C(C)C)cc1N. The Bertz CT molecular complexity index is 457. The number of hydrogen-bond donors (Lipinski definition) is 1. The van der Waals surface area contributed by atoms with Gasteiger partial charge >= 0.3 is 0 Å². The summed E-state index contributed by atoms with van der Waals surface area (Å²) in [5.74, 6) is 3.01. The fourth-order valence-corrected chi connectivity index (χ4v) is 3.42. The third-order valence-corrected chi connectivity index (χ3v) is 4.45. The maximum Gasteiger partial charge on any atom is 0.123 e. The van der Waals surface area contributed by atoms with Crippen LogP contribution in [0.15, 0.2) is 12.1 Å². The van der Waals surface area contributed by atoms with E-state index in [1.807, 2.05) is 0 Å². The number of nitrogen functional groups attached to an aromatic ring is 1. The van der Waals surface area contributed by atoms with Crippen LogP contribution < -0.4 is 10.5 Å². The van der Waals surface area contributed by atoms with E-state index in [0.29, 0.717) is 12.0 Å². The molecular weight excluding hydrogens is 246 g/mol. The van der Waals surface area contributed by atoms with Crippen molar-refractivity contribution in [1.29, 1.82) is 0 Å². The summed E-state index contributed by atoms with van der Waals surface area (Å²) in [7, 11) is 0. The Balaban J connectivity index is 2.21. The van der Waals surface area contributed by atoms with Crippen LogP contribution in [0.25, 0.3) is 0 Å². The Kier molecular flexibility index (Phi) is 4.62. The smallest absolute Gasteiger partial charge is 0.123 e. The van der Waals surface area contributed by atoms with Crippen molar-refractivity contribution >= 4 is 5.69 Å². The molecule has 0 aliphatic heterocycles. The van der Waals surface area contributed by atoms with Gasteiger partial charge < -0.3 is 10.5 Å². The Morgan fingerprint density at radius 1 is 1.10 bits per heavy atom. The first-order valence-electron chi connectivity index (χ1n) is 7.93. The number of benzene rings is 1. The second-order valence-corrected chi connectivity index (χ2v) is 7.06. The third-order valence-electron chi connectivity index (χ3n) is 4.45. The number of hydrogen-bond acceptors (Lipinski definition) is 2. The molecule has 0 spiro atoms. The van der Waals surface area contributed by atoms with Gasteiger partial charge in [0.05, 0.1) is 6.10 Å². The molecule has 112 valence electrons. The highest BCUT2D eigenvalue weighted by molar-refractivity contribution is 5.55. The molecule has 2 heteroatoms. The minimum atomic E-state index is 0.356. The molecule has 1 aromatic rings. The molecule has 1 saturated carbocycles. The lowest BCUT2D eigenvalue weighted by atomic mass is 9.81. The molecule has 2 unspecified atom stereocenters. The van der Waals surface area contributed by atoms with Gasteiger partial charge in [0.15, 0.2) is 0 Å². The van der Waals surface area contributed by atoms with Crippen LogP contribution in [0.3, 0.4) is 0 Å². The molecule has 1 aromatic carbocycles. The summed E-state index contributed by atoms with van der Waals surface area (Å²) < 4.78 is 6.37. The summed E-state index contributed by atoms with van der Waals surface area (Å²) in [5, 5.41) is 0. The molecule has 0 amide bonds. The summed E-state index contributed by atoms with van der Waals surface area (Å²) in [4.78, 5) is 0. The predicted molar refractivity (Wildman–Crippen MR) is 86.3 cm³/mol. The summed E-state index contributed by atoms with van der Waals surface area (Å²) in [5.41, 5.74) is 9.26. The van der Waals surface area contributed by atoms with E-state index in [0.717, 1.165) is 28.8 Å². The number of aryl methyl sites for hydroxylation is 1. The molecule has 1 fully saturated rings. The quantitative estimate of drug-likeness (QED) is 0.796. The predicted octanol–water partition coefficient (Wildman–Crippen LogP) is 4.90. The molecule has 1 aliphatic carbocycles. The molecule has 0 bridgehead atoms. The molecule has 2 rings (SSSR count). The van der Waals surface area contributed by atoms with E-state index >= 15 is 0 Å². The van der Waals surface area contributed by atoms with Gasteiger partial charge in [-0.25, -0.2) is 0 Å². The van der Waals surface area contributed by atoms with Crippen molar-refractivity contribution in [3.63, 3.8) is 0 Å². The lowest BCUT2D eigenvalue weighted by Crippen LogP contribution is -2.28. The Morgan fingerprint density at radius 3 is 2.25 bits per heavy atom. The van der Waals surface area contributed by atoms with Gasteiger partial charge in [-0.3, -0.25) is 0 Å². The van der Waals surface area contributed by atoms with Crippen LogP contribution in [0, 0.1) is 18.8 Å². The number of anilines is 1. The Hall–Kier alpha value is -1.18. The molecule has 2 N–H and O–H groups in total. The van der Waals surface area contributed by atoms with Crippen molar-refractivity contribution in [1.82, 2.24) is 0 Å². The molecule has 20 heavy (non-hydrogen) atoms. The topological polar surface area (TPSA) is 35.2 Å². The van der Waals surface area contributed by atoms with Gasteiger partial charge in [-0.15, -0.1) is 0 Å². The van der Waals surface area contributed by atoms with Crippen molar-refractivity contribution in [2.24, 2.45) is 11.8 Å². The molecule has 2 atom stereocenters. The second-order valence-electron chi connectivity index (χ2n) is 7.06. The highest BCUT2D eigenvalue weighted by Crippen LogP contribution is 2.36. The van der Waals surface area contributed by atoms with Crippen molar-refractivity contribution in [3.05, 3.63) is 23.3 Å². The van der Waals surface area contributed by atoms with E-state index in [9.17, 15) is 0 Å². The molecule has 0 radical (unpaired) electrons. The molecule has 2 nitrogen and oxygen atoms in total. The van der Waals surface area contributed by atoms with Crippen molar-refractivity contribution in [2.75, 3.05) is 5.73 Å². The van der Waals surface area contributed by atoms with E-state index in [2.05, 4.69) is 46.8 Å². The Labute approximate surface area is 123 Å². The monoisotopic (exact) mass is 275 g/mol. The fourth-order valence-electron chi connectivity index (χ4n) is 3.42. The zero-order valence-corrected chi connectivity index (χ0v) is 13.6. The first-order valence-corrected chi connectivity index (χ1v) is 7.93. The molecule has 0 saturated heterocycles. The van der Waals surface area contributed by atoms with Gasteiger partial charge in [-0.05, 0) is 67.2 Å². The van der Waals surface area contributed by atoms with E-state index < -0.39 is 0 Å². The van der Waals surface area contributed by atoms with Gasteiger partial charge in [-0.2, -0.15) is 0 Å². The first-order chi connectivity index (χ1) is 9.36. The number of ether oxygens (including phenoxy) is 1. The number of rotatable bonds is 3. The highest BCUT2D eigenvalue weighted by atomic mass is 16.5. The van der Waals surface area contributed by atoms with E-state index in [-0.39, 0.29) is 0 Å². The average Bonchev–Trinajstić information content (AvgIpc) is 2.31. The summed E-state index contributed by atoms with van der Waals surface area (Å²) in [6, 6.07) is 4.21. The van der Waals surface area contributed by atoms with Gasteiger partial charge in [0.25, 0.3) is 0 Å². The largest absolute Gasteiger partial charge is 0.490 e. The van der Waals surface area contributed by atoms with E-state index in [1.165, 1.54) is 24.8 Å². The first kappa shape index (κ1) is 15.2. The molecule has 1 aliphatic rings. The van der Waals surface area contributed by atoms with Gasteiger partial charge in [0.2, 0.25) is 0 Å². The fraction of sp³-hybridized carbons (Fsp3) is 0.667. The third kappa shape index (κ3) is 3.47. The molecule has 0 aromatic heterocycles. The summed E-state index contributed by atoms with van der Waals surface area (Å²) in [6.07, 6.45) is 4.03. The van der Waals surface area contributed by atoms with Crippen LogP contribution >= 0.6 is 0 Å². The average molecular weight is 275 g/mol. The van der Waals surface area contributed by atoms with Gasteiger partial charge in [0.1, 0.15) is 5.75 Å². The van der Waals surface area contributed by atoms with Crippen LogP contribution in [0.5, 0.6) is 5.75 Å². The second kappa shape index (κ2) is 6.07. The van der Waals surface area contributed by atoms with Crippen molar-refractivity contribution < 1.29 is 4.74 Å². The van der Waals surface area contributed by atoms with Crippen LogP contribution in [0.2, 0.25) is 0 Å². The molecular formula is C18H29NO. The minimum Gasteiger partial charge on any atom is -0.490 e. The Morgan fingerprint density at radius 2 is 1.70 bits per heavy atom. The standard InChI is InChI=1S/C18H29NO/c1-11(2)16-10-17(19)14(5)9-18(16)20-15-7-12(3)6-13(4)8-15/h9-13,15H,6-8,19H2,1-5H3. The lowest BCUT2D eigenvalue weighted by Gasteiger charge is -2.32. The van der Waals surface area contributed by atoms with Crippen LogP contribution in [-0.4, -0.2) is 6.10 Å². The van der Waals surface area contributed by atoms with E-state index in [4.69, 9.17) is 10.5 Å². The van der Waals surface area contributed by atoms with Crippen molar-refractivity contribution in [3.8, 4) is 5.75 Å². The molecule has 0 heterocycles. The summed E-state index contributed by atoms with van der Waals surface area (Å²) >= 11 is 0. The highest BCUT2D eigenvalue weighted by Gasteiger charge is 2.26. The van der Waals surface area contributed by atoms with Crippen molar-refractivity contribution in [2.45, 2.75) is 65.9 Å². The van der Waals surface area contributed by atoms with Crippen LogP contribution in [-0.2, 0) is 0 Å². The zero-order chi connectivity index (χ0) is 14.9. The minimum absolute atomic E-state index is 0.356. The zero-order valence-electron chi connectivity index (χ0n) is 13.6. The van der Waals surface area contributed by atoms with Gasteiger partial charge in [0, 0.05) is 5.69 Å². The van der Waals surface area contributed by atoms with E-state index in [1.54, 1.807) is 0 Å². The van der Waals surface area contributed by atoms with Gasteiger partial charge in [-0.1, -0.05) is 27.7 Å². The number of nitrogens with two attached hydrogens (primary N) is 1. The summed E-state index contributed by atoms with van der Waals surface area (Å²) in [6.45, 7) is 11.1. The normalized spacial score (nSPS) is 26.8. The maximum absolute atomic E-state index is 6.37.